The number of carbonyl (C=O) groups excluding carboxylic acids is 2. The maximum atomic E-state index is 12.5. The second kappa shape index (κ2) is 7.85. The number of ether oxygens (including phenoxy) is 1. The van der Waals surface area contributed by atoms with Crippen LogP contribution in [-0.2, 0) is 4.79 Å². The van der Waals surface area contributed by atoms with Gasteiger partial charge in [-0.05, 0) is 24.5 Å². The Morgan fingerprint density at radius 3 is 2.78 bits per heavy atom. The highest BCUT2D eigenvalue weighted by Crippen LogP contribution is 2.23. The Hall–Kier alpha value is -2.24. The number of carbonyl (C=O) groups is 2. The molecule has 3 amide bonds. The summed E-state index contributed by atoms with van der Waals surface area (Å²) in [5.41, 5.74) is 0.698. The van der Waals surface area contributed by atoms with Crippen LogP contribution in [0.25, 0.3) is 0 Å². The second-order valence-corrected chi connectivity index (χ2v) is 5.92. The van der Waals surface area contributed by atoms with Gasteiger partial charge in [-0.25, -0.2) is 4.79 Å². The summed E-state index contributed by atoms with van der Waals surface area (Å²) in [6.45, 7) is 4.83. The molecular formula is C17H25N3O3. The Balaban J connectivity index is 2.00. The van der Waals surface area contributed by atoms with E-state index in [2.05, 4.69) is 17.6 Å². The highest BCUT2D eigenvalue weighted by molar-refractivity contribution is 5.89. The molecule has 0 saturated carbocycles. The molecule has 126 valence electrons. The van der Waals surface area contributed by atoms with Crippen molar-refractivity contribution < 1.29 is 14.3 Å². The van der Waals surface area contributed by atoms with Crippen LogP contribution in [0.4, 0.5) is 10.5 Å². The molecule has 0 radical (unpaired) electrons. The maximum Gasteiger partial charge on any atom is 0.321 e. The molecule has 23 heavy (non-hydrogen) atoms. The van der Waals surface area contributed by atoms with E-state index >= 15 is 0 Å². The minimum absolute atomic E-state index is 0.0310. The topological polar surface area (TPSA) is 70.7 Å². The fraction of sp³-hybridized carbons (Fsp3) is 0.529. The number of hydrogen-bond donors (Lipinski definition) is 2. The lowest BCUT2D eigenvalue weighted by atomic mass is 9.98. The summed E-state index contributed by atoms with van der Waals surface area (Å²) in [5, 5.41) is 5.85. The van der Waals surface area contributed by atoms with E-state index in [1.165, 1.54) is 6.92 Å². The molecule has 6 heteroatoms. The summed E-state index contributed by atoms with van der Waals surface area (Å²) in [5.74, 6) is 0.954. The fourth-order valence-corrected chi connectivity index (χ4v) is 3.03. The normalized spacial score (nSPS) is 20.2. The van der Waals surface area contributed by atoms with Gasteiger partial charge >= 0.3 is 6.03 Å². The van der Waals surface area contributed by atoms with E-state index in [4.69, 9.17) is 4.74 Å². The van der Waals surface area contributed by atoms with Gasteiger partial charge in [0.05, 0.1) is 13.2 Å². The third-order valence-corrected chi connectivity index (χ3v) is 4.10. The van der Waals surface area contributed by atoms with Gasteiger partial charge in [0.25, 0.3) is 0 Å². The van der Waals surface area contributed by atoms with E-state index in [0.29, 0.717) is 30.4 Å². The Kier molecular flexibility index (Phi) is 5.84. The molecule has 1 aliphatic heterocycles. The first-order valence-electron chi connectivity index (χ1n) is 8.00. The standard InChI is InChI=1S/C17H25N3O3/c1-4-6-13-10-20(11-16(13)18-12(2)21)17(22)19-14-7-5-8-15(9-14)23-3/h5,7-9,13,16H,4,6,10-11H2,1-3H3,(H,18,21)(H,19,22). The number of hydrogen-bond acceptors (Lipinski definition) is 3. The molecule has 2 rings (SSSR count). The third kappa shape index (κ3) is 4.61. The van der Waals surface area contributed by atoms with Crippen LogP contribution in [0.3, 0.4) is 0 Å². The summed E-state index contributed by atoms with van der Waals surface area (Å²) < 4.78 is 5.16. The van der Waals surface area contributed by atoms with E-state index in [1.807, 2.05) is 18.2 Å². The number of nitrogens with zero attached hydrogens (tertiary/aromatic N) is 1. The first kappa shape index (κ1) is 17.1. The van der Waals surface area contributed by atoms with Gasteiger partial charge in [-0.3, -0.25) is 4.79 Å². The molecule has 6 nitrogen and oxygen atoms in total. The van der Waals surface area contributed by atoms with Crippen LogP contribution in [0.1, 0.15) is 26.7 Å². The van der Waals surface area contributed by atoms with Crippen molar-refractivity contribution in [3.8, 4) is 5.75 Å². The molecule has 0 aromatic heterocycles. The molecule has 2 unspecified atom stereocenters. The lowest BCUT2D eigenvalue weighted by molar-refractivity contribution is -0.119. The van der Waals surface area contributed by atoms with Gasteiger partial charge in [0.15, 0.2) is 0 Å². The summed E-state index contributed by atoms with van der Waals surface area (Å²) in [7, 11) is 1.59. The number of likely N-dealkylation sites (tertiary alicyclic amines) is 1. The number of anilines is 1. The quantitative estimate of drug-likeness (QED) is 0.876. The fourth-order valence-electron chi connectivity index (χ4n) is 3.03. The van der Waals surface area contributed by atoms with Crippen LogP contribution in [0.5, 0.6) is 5.75 Å². The molecule has 1 fully saturated rings. The maximum absolute atomic E-state index is 12.5. The Labute approximate surface area is 137 Å². The van der Waals surface area contributed by atoms with Crippen molar-refractivity contribution >= 4 is 17.6 Å². The van der Waals surface area contributed by atoms with Crippen LogP contribution >= 0.6 is 0 Å². The first-order chi connectivity index (χ1) is 11.0. The lowest BCUT2D eigenvalue weighted by Gasteiger charge is -2.18. The number of rotatable bonds is 5. The van der Waals surface area contributed by atoms with E-state index in [9.17, 15) is 9.59 Å². The van der Waals surface area contributed by atoms with Crippen LogP contribution in [-0.4, -0.2) is 43.1 Å². The molecule has 0 aliphatic carbocycles. The van der Waals surface area contributed by atoms with Crippen molar-refractivity contribution in [1.82, 2.24) is 10.2 Å². The zero-order chi connectivity index (χ0) is 16.8. The molecule has 2 N–H and O–H groups in total. The van der Waals surface area contributed by atoms with Gasteiger partial charge in [-0.15, -0.1) is 0 Å². The molecule has 2 atom stereocenters. The Bertz CT molecular complexity index is 562. The molecule has 1 aromatic rings. The van der Waals surface area contributed by atoms with Crippen LogP contribution in [0.2, 0.25) is 0 Å². The molecular weight excluding hydrogens is 294 g/mol. The molecule has 1 heterocycles. The van der Waals surface area contributed by atoms with Gasteiger partial charge < -0.3 is 20.3 Å². The van der Waals surface area contributed by atoms with Crippen LogP contribution in [0, 0.1) is 5.92 Å². The first-order valence-corrected chi connectivity index (χ1v) is 8.00. The highest BCUT2D eigenvalue weighted by Gasteiger charge is 2.35. The Morgan fingerprint density at radius 1 is 1.35 bits per heavy atom. The smallest absolute Gasteiger partial charge is 0.321 e. The van der Waals surface area contributed by atoms with Gasteiger partial charge in [0.2, 0.25) is 5.91 Å². The summed E-state index contributed by atoms with van der Waals surface area (Å²) in [4.78, 5) is 25.6. The third-order valence-electron chi connectivity index (χ3n) is 4.10. The zero-order valence-electron chi connectivity index (χ0n) is 14.0. The number of benzene rings is 1. The molecule has 1 aromatic carbocycles. The molecule has 1 saturated heterocycles. The SMILES string of the molecule is CCCC1CN(C(=O)Nc2cccc(OC)c2)CC1NC(C)=O. The van der Waals surface area contributed by atoms with Gasteiger partial charge in [0, 0.05) is 31.8 Å². The van der Waals surface area contributed by atoms with E-state index < -0.39 is 0 Å². The molecule has 0 bridgehead atoms. The van der Waals surface area contributed by atoms with Crippen molar-refractivity contribution in [2.75, 3.05) is 25.5 Å². The summed E-state index contributed by atoms with van der Waals surface area (Å²) in [6.07, 6.45) is 2.03. The van der Waals surface area contributed by atoms with Gasteiger partial charge in [-0.1, -0.05) is 19.4 Å². The van der Waals surface area contributed by atoms with Crippen molar-refractivity contribution in [3.05, 3.63) is 24.3 Å². The second-order valence-electron chi connectivity index (χ2n) is 5.92. The predicted molar refractivity (Wildman–Crippen MR) is 89.6 cm³/mol. The van der Waals surface area contributed by atoms with Crippen molar-refractivity contribution in [2.24, 2.45) is 5.92 Å². The van der Waals surface area contributed by atoms with E-state index in [-0.39, 0.29) is 18.0 Å². The van der Waals surface area contributed by atoms with Crippen molar-refractivity contribution in [1.29, 1.82) is 0 Å². The minimum atomic E-state index is -0.146. The van der Waals surface area contributed by atoms with Crippen molar-refractivity contribution in [3.63, 3.8) is 0 Å². The van der Waals surface area contributed by atoms with E-state index in [1.54, 1.807) is 18.1 Å². The van der Waals surface area contributed by atoms with Crippen LogP contribution in [0.15, 0.2) is 24.3 Å². The van der Waals surface area contributed by atoms with Crippen LogP contribution < -0.4 is 15.4 Å². The van der Waals surface area contributed by atoms with E-state index in [0.717, 1.165) is 12.8 Å². The summed E-state index contributed by atoms with van der Waals surface area (Å²) >= 11 is 0. The Morgan fingerprint density at radius 2 is 2.13 bits per heavy atom. The van der Waals surface area contributed by atoms with Gasteiger partial charge in [-0.2, -0.15) is 0 Å². The zero-order valence-corrected chi connectivity index (χ0v) is 14.0. The summed E-state index contributed by atoms with van der Waals surface area (Å²) in [6, 6.07) is 7.15. The van der Waals surface area contributed by atoms with Gasteiger partial charge in [0.1, 0.15) is 5.75 Å². The predicted octanol–water partition coefficient (Wildman–Crippen LogP) is 2.46. The largest absolute Gasteiger partial charge is 0.497 e. The number of methoxy groups -OCH3 is 1. The average molecular weight is 319 g/mol. The highest BCUT2D eigenvalue weighted by atomic mass is 16.5. The number of amides is 3. The number of nitrogens with one attached hydrogen (secondary N) is 2. The monoisotopic (exact) mass is 319 g/mol. The minimum Gasteiger partial charge on any atom is -0.497 e. The van der Waals surface area contributed by atoms with Crippen molar-refractivity contribution in [2.45, 2.75) is 32.7 Å². The molecule has 0 spiro atoms. The lowest BCUT2D eigenvalue weighted by Crippen LogP contribution is -2.40. The molecule has 1 aliphatic rings. The average Bonchev–Trinajstić information content (AvgIpc) is 2.90. The number of urea groups is 1.